The van der Waals surface area contributed by atoms with Crippen LogP contribution in [0.4, 0.5) is 5.82 Å². The van der Waals surface area contributed by atoms with Gasteiger partial charge in [0.15, 0.2) is 5.65 Å². The number of fused-ring (bicyclic) bond motifs is 1. The minimum absolute atomic E-state index is 0.810. The largest absolute Gasteiger partial charge is 0.359 e. The highest BCUT2D eigenvalue weighted by Crippen LogP contribution is 2.28. The minimum Gasteiger partial charge on any atom is -0.359 e. The Kier molecular flexibility index (Phi) is 3.12. The summed E-state index contributed by atoms with van der Waals surface area (Å²) in [6, 6.07) is 0. The number of aromatic nitrogens is 4. The molecule has 0 amide bonds. The second-order valence-corrected chi connectivity index (χ2v) is 5.63. The normalized spacial score (nSPS) is 16.4. The van der Waals surface area contributed by atoms with E-state index in [-0.39, 0.29) is 0 Å². The molecule has 0 spiro atoms. The Morgan fingerprint density at radius 1 is 1.32 bits per heavy atom. The van der Waals surface area contributed by atoms with Crippen molar-refractivity contribution < 1.29 is 0 Å². The molecule has 2 heterocycles. The lowest BCUT2D eigenvalue weighted by molar-refractivity contribution is 0.545. The molecule has 1 aliphatic rings. The van der Waals surface area contributed by atoms with E-state index in [9.17, 15) is 0 Å². The molecular formula is C14H21N5. The third-order valence-corrected chi connectivity index (χ3v) is 4.05. The van der Waals surface area contributed by atoms with E-state index in [4.69, 9.17) is 0 Å². The van der Waals surface area contributed by atoms with Gasteiger partial charge in [-0.05, 0) is 25.7 Å². The van der Waals surface area contributed by atoms with Gasteiger partial charge in [0.1, 0.15) is 11.6 Å². The van der Waals surface area contributed by atoms with Crippen LogP contribution in [0.15, 0.2) is 6.20 Å². The molecule has 2 aromatic heterocycles. The molecule has 0 unspecified atom stereocenters. The van der Waals surface area contributed by atoms with Gasteiger partial charge in [0.2, 0.25) is 0 Å². The summed E-state index contributed by atoms with van der Waals surface area (Å²) in [5.41, 5.74) is 0.917. The predicted octanol–water partition coefficient (Wildman–Crippen LogP) is 2.30. The predicted molar refractivity (Wildman–Crippen MR) is 76.3 cm³/mol. The van der Waals surface area contributed by atoms with Crippen molar-refractivity contribution in [2.45, 2.75) is 32.6 Å². The molecule has 0 saturated heterocycles. The lowest BCUT2D eigenvalue weighted by Crippen LogP contribution is -2.25. The zero-order valence-corrected chi connectivity index (χ0v) is 11.9. The lowest BCUT2D eigenvalue weighted by Gasteiger charge is -2.22. The fourth-order valence-corrected chi connectivity index (χ4v) is 3.07. The van der Waals surface area contributed by atoms with Crippen molar-refractivity contribution in [2.75, 3.05) is 18.5 Å². The third kappa shape index (κ3) is 2.29. The summed E-state index contributed by atoms with van der Waals surface area (Å²) in [5, 5.41) is 5.35. The van der Waals surface area contributed by atoms with Gasteiger partial charge in [-0.15, -0.1) is 0 Å². The Morgan fingerprint density at radius 3 is 2.79 bits per heavy atom. The second kappa shape index (κ2) is 4.79. The molecule has 0 atom stereocenters. The molecule has 0 bridgehead atoms. The summed E-state index contributed by atoms with van der Waals surface area (Å²) in [6.45, 7) is 3.03. The van der Waals surface area contributed by atoms with E-state index in [1.807, 2.05) is 24.9 Å². The fourth-order valence-electron chi connectivity index (χ4n) is 3.07. The zero-order valence-electron chi connectivity index (χ0n) is 11.9. The zero-order chi connectivity index (χ0) is 13.4. The number of nitrogens with zero attached hydrogens (tertiary/aromatic N) is 5. The Hall–Kier alpha value is -1.65. The monoisotopic (exact) mass is 259 g/mol. The maximum Gasteiger partial charge on any atom is 0.163 e. The van der Waals surface area contributed by atoms with Crippen LogP contribution in [0.25, 0.3) is 11.0 Å². The van der Waals surface area contributed by atoms with Crippen molar-refractivity contribution in [1.29, 1.82) is 0 Å². The van der Waals surface area contributed by atoms with Gasteiger partial charge in [-0.3, -0.25) is 4.68 Å². The number of hydrogen-bond acceptors (Lipinski definition) is 4. The summed E-state index contributed by atoms with van der Waals surface area (Å²) >= 11 is 0. The first kappa shape index (κ1) is 12.4. The highest BCUT2D eigenvalue weighted by Gasteiger charge is 2.20. The standard InChI is InChI=1S/C14H21N5/c1-10-16-13(12-8-15-19(3)14(12)17-10)18(2)9-11-6-4-5-7-11/h8,11H,4-7,9H2,1-3H3. The van der Waals surface area contributed by atoms with Crippen LogP contribution in [-0.2, 0) is 7.05 Å². The topological polar surface area (TPSA) is 46.8 Å². The van der Waals surface area contributed by atoms with Gasteiger partial charge < -0.3 is 4.90 Å². The van der Waals surface area contributed by atoms with Crippen molar-refractivity contribution in [1.82, 2.24) is 19.7 Å². The SMILES string of the molecule is Cc1nc(N(C)CC2CCCC2)c2cnn(C)c2n1. The number of anilines is 1. The van der Waals surface area contributed by atoms with Crippen LogP contribution in [0, 0.1) is 12.8 Å². The Labute approximate surface area is 113 Å². The van der Waals surface area contributed by atoms with Gasteiger partial charge in [0.25, 0.3) is 0 Å². The summed E-state index contributed by atoms with van der Waals surface area (Å²) in [4.78, 5) is 11.4. The van der Waals surface area contributed by atoms with Crippen LogP contribution in [0.1, 0.15) is 31.5 Å². The summed E-state index contributed by atoms with van der Waals surface area (Å²) in [7, 11) is 4.06. The highest BCUT2D eigenvalue weighted by atomic mass is 15.3. The van der Waals surface area contributed by atoms with Crippen LogP contribution < -0.4 is 4.90 Å². The van der Waals surface area contributed by atoms with Crippen LogP contribution in [0.2, 0.25) is 0 Å². The van der Waals surface area contributed by atoms with E-state index in [0.29, 0.717) is 0 Å². The summed E-state index contributed by atoms with van der Waals surface area (Å²) in [5.74, 6) is 2.64. The molecule has 0 aromatic carbocycles. The first-order valence-electron chi connectivity index (χ1n) is 7.02. The third-order valence-electron chi connectivity index (χ3n) is 4.05. The number of rotatable bonds is 3. The van der Waals surface area contributed by atoms with E-state index in [1.54, 1.807) is 0 Å². The number of aryl methyl sites for hydroxylation is 2. The van der Waals surface area contributed by atoms with Gasteiger partial charge in [-0.25, -0.2) is 9.97 Å². The molecule has 102 valence electrons. The van der Waals surface area contributed by atoms with Gasteiger partial charge in [-0.1, -0.05) is 12.8 Å². The molecular weight excluding hydrogens is 238 g/mol. The average molecular weight is 259 g/mol. The Balaban J connectivity index is 1.94. The first-order valence-corrected chi connectivity index (χ1v) is 7.02. The van der Waals surface area contributed by atoms with Gasteiger partial charge in [-0.2, -0.15) is 5.10 Å². The van der Waals surface area contributed by atoms with E-state index in [1.165, 1.54) is 25.7 Å². The van der Waals surface area contributed by atoms with Gasteiger partial charge >= 0.3 is 0 Å². The number of hydrogen-bond donors (Lipinski definition) is 0. The molecule has 3 rings (SSSR count). The van der Waals surface area contributed by atoms with Crippen molar-refractivity contribution in [3.05, 3.63) is 12.0 Å². The maximum absolute atomic E-state index is 4.62. The first-order chi connectivity index (χ1) is 9.15. The molecule has 0 aliphatic heterocycles. The Morgan fingerprint density at radius 2 is 2.05 bits per heavy atom. The van der Waals surface area contributed by atoms with Crippen LogP contribution in [0.3, 0.4) is 0 Å². The summed E-state index contributed by atoms with van der Waals surface area (Å²) in [6.07, 6.45) is 7.33. The van der Waals surface area contributed by atoms with Gasteiger partial charge in [0.05, 0.1) is 11.6 Å². The molecule has 1 aliphatic carbocycles. The van der Waals surface area contributed by atoms with Crippen molar-refractivity contribution in [3.8, 4) is 0 Å². The smallest absolute Gasteiger partial charge is 0.163 e. The molecule has 5 heteroatoms. The van der Waals surface area contributed by atoms with Crippen LogP contribution in [-0.4, -0.2) is 33.3 Å². The van der Waals surface area contributed by atoms with Crippen molar-refractivity contribution in [2.24, 2.45) is 13.0 Å². The molecule has 2 aromatic rings. The molecule has 0 N–H and O–H groups in total. The van der Waals surface area contributed by atoms with E-state index in [2.05, 4.69) is 27.0 Å². The van der Waals surface area contributed by atoms with E-state index < -0.39 is 0 Å². The van der Waals surface area contributed by atoms with Crippen molar-refractivity contribution in [3.63, 3.8) is 0 Å². The maximum atomic E-state index is 4.62. The van der Waals surface area contributed by atoms with Crippen LogP contribution in [0.5, 0.6) is 0 Å². The van der Waals surface area contributed by atoms with Gasteiger partial charge in [0, 0.05) is 20.6 Å². The molecule has 1 fully saturated rings. The minimum atomic E-state index is 0.810. The Bertz CT molecular complexity index is 583. The highest BCUT2D eigenvalue weighted by molar-refractivity contribution is 5.86. The molecule has 19 heavy (non-hydrogen) atoms. The molecule has 1 saturated carbocycles. The molecule has 5 nitrogen and oxygen atoms in total. The fraction of sp³-hybridized carbons (Fsp3) is 0.643. The second-order valence-electron chi connectivity index (χ2n) is 5.63. The average Bonchev–Trinajstić information content (AvgIpc) is 2.99. The van der Waals surface area contributed by atoms with E-state index >= 15 is 0 Å². The van der Waals surface area contributed by atoms with Crippen LogP contribution >= 0.6 is 0 Å². The summed E-state index contributed by atoms with van der Waals surface area (Å²) < 4.78 is 1.82. The van der Waals surface area contributed by atoms with Crippen molar-refractivity contribution >= 4 is 16.9 Å². The lowest BCUT2D eigenvalue weighted by atomic mass is 10.1. The molecule has 0 radical (unpaired) electrons. The quantitative estimate of drug-likeness (QED) is 0.848. The van der Waals surface area contributed by atoms with E-state index in [0.717, 1.165) is 35.1 Å².